The lowest BCUT2D eigenvalue weighted by Crippen LogP contribution is -2.23. The van der Waals surface area contributed by atoms with Crippen LogP contribution in [0.15, 0.2) is 41.3 Å². The van der Waals surface area contributed by atoms with Crippen molar-refractivity contribution in [2.24, 2.45) is 0 Å². The molecule has 2 rings (SSSR count). The first-order valence-corrected chi connectivity index (χ1v) is 6.62. The highest BCUT2D eigenvalue weighted by Crippen LogP contribution is 2.33. The molecule has 4 heteroatoms. The Morgan fingerprint density at radius 1 is 1.17 bits per heavy atom. The van der Waals surface area contributed by atoms with E-state index in [4.69, 9.17) is 0 Å². The molecule has 0 radical (unpaired) electrons. The summed E-state index contributed by atoms with van der Waals surface area (Å²) in [5.74, 6) is 0.757. The van der Waals surface area contributed by atoms with E-state index in [1.807, 2.05) is 30.3 Å². The molecular formula is C14H15NO2S. The number of phenolic OH excluding ortho intramolecular Hbond substituents is 1. The number of thioether (sulfide) groups is 1. The first-order valence-electron chi connectivity index (χ1n) is 5.63. The summed E-state index contributed by atoms with van der Waals surface area (Å²) in [4.78, 5) is 14.2. The quantitative estimate of drug-likeness (QED) is 0.864. The van der Waals surface area contributed by atoms with Crippen LogP contribution in [-0.4, -0.2) is 35.8 Å². The van der Waals surface area contributed by atoms with Gasteiger partial charge in [0.05, 0.1) is 5.75 Å². The summed E-state index contributed by atoms with van der Waals surface area (Å²) < 4.78 is 0. The van der Waals surface area contributed by atoms with Crippen molar-refractivity contribution in [3.63, 3.8) is 0 Å². The van der Waals surface area contributed by atoms with Gasteiger partial charge >= 0.3 is 0 Å². The number of phenols is 1. The molecule has 0 aromatic heterocycles. The van der Waals surface area contributed by atoms with E-state index < -0.39 is 0 Å². The molecule has 0 aliphatic carbocycles. The Hall–Kier alpha value is -1.68. The highest BCUT2D eigenvalue weighted by molar-refractivity contribution is 8.00. The molecule has 0 bridgehead atoms. The molecule has 0 aliphatic rings. The number of nitrogens with zero attached hydrogens (tertiary/aromatic N) is 1. The van der Waals surface area contributed by atoms with Crippen LogP contribution >= 0.6 is 11.8 Å². The smallest absolute Gasteiger partial charge is 0.232 e. The Balaban J connectivity index is 2.29. The van der Waals surface area contributed by atoms with Gasteiger partial charge in [-0.2, -0.15) is 0 Å². The van der Waals surface area contributed by atoms with Crippen molar-refractivity contribution in [3.05, 3.63) is 36.4 Å². The topological polar surface area (TPSA) is 40.5 Å². The SMILES string of the molecule is CN(C)C(=O)CSc1ccc(O)c2ccccc12. The number of carbonyl (C=O) groups is 1. The van der Waals surface area contributed by atoms with Gasteiger partial charge < -0.3 is 10.0 Å². The van der Waals surface area contributed by atoms with E-state index in [0.717, 1.165) is 15.7 Å². The number of benzene rings is 2. The van der Waals surface area contributed by atoms with E-state index in [-0.39, 0.29) is 11.7 Å². The van der Waals surface area contributed by atoms with Crippen LogP contribution in [0.4, 0.5) is 0 Å². The van der Waals surface area contributed by atoms with Crippen molar-refractivity contribution in [1.82, 2.24) is 4.90 Å². The first kappa shape index (κ1) is 12.8. The monoisotopic (exact) mass is 261 g/mol. The van der Waals surface area contributed by atoms with Crippen molar-refractivity contribution in [2.75, 3.05) is 19.8 Å². The summed E-state index contributed by atoms with van der Waals surface area (Å²) in [5, 5.41) is 11.6. The van der Waals surface area contributed by atoms with Crippen LogP contribution in [0.5, 0.6) is 5.75 Å². The molecule has 0 heterocycles. The lowest BCUT2D eigenvalue weighted by atomic mass is 10.1. The average Bonchev–Trinajstić information content (AvgIpc) is 2.38. The molecule has 0 atom stereocenters. The van der Waals surface area contributed by atoms with E-state index >= 15 is 0 Å². The normalized spacial score (nSPS) is 10.6. The number of hydrogen-bond donors (Lipinski definition) is 1. The molecular weight excluding hydrogens is 246 g/mol. The molecule has 1 N–H and O–H groups in total. The molecule has 0 saturated heterocycles. The zero-order valence-corrected chi connectivity index (χ0v) is 11.2. The number of hydrogen-bond acceptors (Lipinski definition) is 3. The molecule has 0 fully saturated rings. The van der Waals surface area contributed by atoms with Crippen LogP contribution in [0.3, 0.4) is 0 Å². The van der Waals surface area contributed by atoms with Gasteiger partial charge in [-0.05, 0) is 17.5 Å². The van der Waals surface area contributed by atoms with Gasteiger partial charge in [-0.3, -0.25) is 4.79 Å². The van der Waals surface area contributed by atoms with Crippen LogP contribution < -0.4 is 0 Å². The third-order valence-electron chi connectivity index (χ3n) is 2.71. The fraction of sp³-hybridized carbons (Fsp3) is 0.214. The predicted octanol–water partition coefficient (Wildman–Crippen LogP) is 2.73. The fourth-order valence-corrected chi connectivity index (χ4v) is 2.68. The number of rotatable bonds is 3. The zero-order chi connectivity index (χ0) is 13.1. The summed E-state index contributed by atoms with van der Waals surface area (Å²) in [7, 11) is 3.50. The van der Waals surface area contributed by atoms with Crippen LogP contribution in [0.25, 0.3) is 10.8 Å². The second-order valence-electron chi connectivity index (χ2n) is 4.21. The highest BCUT2D eigenvalue weighted by Gasteiger charge is 2.08. The second kappa shape index (κ2) is 5.31. The highest BCUT2D eigenvalue weighted by atomic mass is 32.2. The molecule has 0 unspecified atom stereocenters. The van der Waals surface area contributed by atoms with Crippen LogP contribution in [0.1, 0.15) is 0 Å². The van der Waals surface area contributed by atoms with Crippen molar-refractivity contribution in [3.8, 4) is 5.75 Å². The van der Waals surface area contributed by atoms with Crippen molar-refractivity contribution in [2.45, 2.75) is 4.90 Å². The zero-order valence-electron chi connectivity index (χ0n) is 10.4. The fourth-order valence-electron chi connectivity index (χ4n) is 1.65. The molecule has 1 amide bonds. The van der Waals surface area contributed by atoms with Gasteiger partial charge in [0, 0.05) is 24.4 Å². The number of amides is 1. The maximum atomic E-state index is 11.6. The second-order valence-corrected chi connectivity index (χ2v) is 5.22. The van der Waals surface area contributed by atoms with E-state index in [1.165, 1.54) is 11.8 Å². The lowest BCUT2D eigenvalue weighted by Gasteiger charge is -2.11. The maximum Gasteiger partial charge on any atom is 0.232 e. The summed E-state index contributed by atoms with van der Waals surface area (Å²) >= 11 is 1.49. The summed E-state index contributed by atoms with van der Waals surface area (Å²) in [5.41, 5.74) is 0. The first-order chi connectivity index (χ1) is 8.59. The third-order valence-corrected chi connectivity index (χ3v) is 3.77. The van der Waals surface area contributed by atoms with Crippen molar-refractivity contribution in [1.29, 1.82) is 0 Å². The number of aromatic hydroxyl groups is 1. The molecule has 3 nitrogen and oxygen atoms in total. The summed E-state index contributed by atoms with van der Waals surface area (Å²) in [6.07, 6.45) is 0. The number of fused-ring (bicyclic) bond motifs is 1. The minimum absolute atomic E-state index is 0.0807. The average molecular weight is 261 g/mol. The van der Waals surface area contributed by atoms with Crippen LogP contribution in [0, 0.1) is 0 Å². The van der Waals surface area contributed by atoms with E-state index in [1.54, 1.807) is 25.1 Å². The minimum Gasteiger partial charge on any atom is -0.507 e. The summed E-state index contributed by atoms with van der Waals surface area (Å²) in [6, 6.07) is 11.2. The van der Waals surface area contributed by atoms with Gasteiger partial charge in [0.25, 0.3) is 0 Å². The Morgan fingerprint density at radius 2 is 1.83 bits per heavy atom. The lowest BCUT2D eigenvalue weighted by molar-refractivity contribution is -0.125. The molecule has 2 aromatic carbocycles. The Kier molecular flexibility index (Phi) is 3.77. The molecule has 0 spiro atoms. The minimum atomic E-state index is 0.0807. The molecule has 94 valence electrons. The Bertz CT molecular complexity index is 581. The molecule has 0 saturated carbocycles. The predicted molar refractivity (Wildman–Crippen MR) is 75.0 cm³/mol. The standard InChI is InChI=1S/C14H15NO2S/c1-15(2)14(17)9-18-13-8-7-12(16)10-5-3-4-6-11(10)13/h3-8,16H,9H2,1-2H3. The van der Waals surface area contributed by atoms with Gasteiger partial charge in [0.1, 0.15) is 5.75 Å². The van der Waals surface area contributed by atoms with E-state index in [2.05, 4.69) is 0 Å². The van der Waals surface area contributed by atoms with Gasteiger partial charge in [0.15, 0.2) is 0 Å². The van der Waals surface area contributed by atoms with Crippen molar-refractivity contribution < 1.29 is 9.90 Å². The Labute approximate surface area is 110 Å². The molecule has 2 aromatic rings. The van der Waals surface area contributed by atoms with E-state index in [0.29, 0.717) is 5.75 Å². The van der Waals surface area contributed by atoms with Crippen LogP contribution in [-0.2, 0) is 4.79 Å². The largest absolute Gasteiger partial charge is 0.507 e. The summed E-state index contributed by atoms with van der Waals surface area (Å²) in [6.45, 7) is 0. The third kappa shape index (κ3) is 2.59. The molecule has 18 heavy (non-hydrogen) atoms. The van der Waals surface area contributed by atoms with Gasteiger partial charge in [-0.25, -0.2) is 0 Å². The van der Waals surface area contributed by atoms with Crippen LogP contribution in [0.2, 0.25) is 0 Å². The van der Waals surface area contributed by atoms with Gasteiger partial charge in [-0.15, -0.1) is 11.8 Å². The van der Waals surface area contributed by atoms with Crippen molar-refractivity contribution >= 4 is 28.4 Å². The molecule has 0 aliphatic heterocycles. The van der Waals surface area contributed by atoms with Gasteiger partial charge in [-0.1, -0.05) is 24.3 Å². The van der Waals surface area contributed by atoms with Gasteiger partial charge in [0.2, 0.25) is 5.91 Å². The Morgan fingerprint density at radius 3 is 2.50 bits per heavy atom. The maximum absolute atomic E-state index is 11.6. The van der Waals surface area contributed by atoms with E-state index in [9.17, 15) is 9.90 Å². The number of carbonyl (C=O) groups excluding carboxylic acids is 1.